The van der Waals surface area contributed by atoms with Crippen LogP contribution in [0.25, 0.3) is 0 Å². The van der Waals surface area contributed by atoms with Gasteiger partial charge >= 0.3 is 0 Å². The van der Waals surface area contributed by atoms with Gasteiger partial charge in [-0.2, -0.15) is 4.31 Å². The summed E-state index contributed by atoms with van der Waals surface area (Å²) in [5.41, 5.74) is 0.951. The molecular weight excluding hydrogens is 291 g/mol. The van der Waals surface area contributed by atoms with E-state index in [2.05, 4.69) is 11.8 Å². The molecule has 0 radical (unpaired) electrons. The SMILES string of the molecule is CCCN1CCN(S(=O)(=O)c2c(C)cc(F)cc2C)CC1. The van der Waals surface area contributed by atoms with Gasteiger partial charge in [0.1, 0.15) is 5.82 Å². The maximum Gasteiger partial charge on any atom is 0.243 e. The molecule has 0 aromatic heterocycles. The first-order valence-electron chi connectivity index (χ1n) is 7.35. The summed E-state index contributed by atoms with van der Waals surface area (Å²) >= 11 is 0. The van der Waals surface area contributed by atoms with E-state index < -0.39 is 15.8 Å². The summed E-state index contributed by atoms with van der Waals surface area (Å²) < 4.78 is 40.5. The van der Waals surface area contributed by atoms with Crippen LogP contribution in [0, 0.1) is 19.7 Å². The Hall–Kier alpha value is -0.980. The molecule has 1 saturated heterocycles. The average Bonchev–Trinajstić information content (AvgIpc) is 2.38. The third-order valence-corrected chi connectivity index (χ3v) is 6.10. The summed E-state index contributed by atoms with van der Waals surface area (Å²) in [6, 6.07) is 2.57. The van der Waals surface area contributed by atoms with E-state index in [1.807, 2.05) is 0 Å². The van der Waals surface area contributed by atoms with E-state index in [4.69, 9.17) is 0 Å². The Morgan fingerprint density at radius 2 is 1.62 bits per heavy atom. The number of hydrogen-bond acceptors (Lipinski definition) is 3. The van der Waals surface area contributed by atoms with Gasteiger partial charge in [0.15, 0.2) is 0 Å². The Morgan fingerprint density at radius 3 is 2.10 bits per heavy atom. The van der Waals surface area contributed by atoms with Crippen LogP contribution in [0.5, 0.6) is 0 Å². The Labute approximate surface area is 126 Å². The van der Waals surface area contributed by atoms with E-state index >= 15 is 0 Å². The molecule has 0 unspecified atom stereocenters. The summed E-state index contributed by atoms with van der Waals surface area (Å²) in [5.74, 6) is -0.392. The average molecular weight is 314 g/mol. The number of rotatable bonds is 4. The lowest BCUT2D eigenvalue weighted by Gasteiger charge is -2.34. The van der Waals surface area contributed by atoms with Crippen LogP contribution in [0.2, 0.25) is 0 Å². The molecule has 4 nitrogen and oxygen atoms in total. The lowest BCUT2D eigenvalue weighted by molar-refractivity contribution is 0.188. The number of sulfonamides is 1. The molecule has 0 aliphatic carbocycles. The van der Waals surface area contributed by atoms with Crippen LogP contribution < -0.4 is 0 Å². The number of nitrogens with zero attached hydrogens (tertiary/aromatic N) is 2. The van der Waals surface area contributed by atoms with Crippen LogP contribution in [-0.2, 0) is 10.0 Å². The normalized spacial score (nSPS) is 18.1. The molecule has 6 heteroatoms. The lowest BCUT2D eigenvalue weighted by Crippen LogP contribution is -2.48. The number of benzene rings is 1. The van der Waals surface area contributed by atoms with E-state index in [1.165, 1.54) is 16.4 Å². The van der Waals surface area contributed by atoms with E-state index in [1.54, 1.807) is 13.8 Å². The highest BCUT2D eigenvalue weighted by molar-refractivity contribution is 7.89. The van der Waals surface area contributed by atoms with E-state index in [0.717, 1.165) is 26.1 Å². The second kappa shape index (κ2) is 6.42. The molecule has 21 heavy (non-hydrogen) atoms. The Bertz CT molecular complexity index is 585. The molecule has 1 aromatic rings. The van der Waals surface area contributed by atoms with Gasteiger partial charge < -0.3 is 4.90 Å². The minimum atomic E-state index is -3.54. The molecule has 0 N–H and O–H groups in total. The Kier molecular flexibility index (Phi) is 5.01. The fraction of sp³-hybridized carbons (Fsp3) is 0.600. The van der Waals surface area contributed by atoms with Crippen molar-refractivity contribution in [2.75, 3.05) is 32.7 Å². The van der Waals surface area contributed by atoms with Gasteiger partial charge in [-0.1, -0.05) is 6.92 Å². The van der Waals surface area contributed by atoms with Crippen molar-refractivity contribution in [3.8, 4) is 0 Å². The molecule has 1 fully saturated rings. The first-order valence-corrected chi connectivity index (χ1v) is 8.79. The summed E-state index contributed by atoms with van der Waals surface area (Å²) in [6.07, 6.45) is 1.07. The van der Waals surface area contributed by atoms with Crippen molar-refractivity contribution >= 4 is 10.0 Å². The van der Waals surface area contributed by atoms with Crippen molar-refractivity contribution < 1.29 is 12.8 Å². The van der Waals surface area contributed by atoms with Gasteiger partial charge in [0.05, 0.1) is 4.90 Å². The van der Waals surface area contributed by atoms with Crippen molar-refractivity contribution in [1.82, 2.24) is 9.21 Å². The lowest BCUT2D eigenvalue weighted by atomic mass is 10.1. The van der Waals surface area contributed by atoms with Gasteiger partial charge in [0.2, 0.25) is 10.0 Å². The van der Waals surface area contributed by atoms with Crippen molar-refractivity contribution in [2.24, 2.45) is 0 Å². The maximum absolute atomic E-state index is 13.4. The minimum absolute atomic E-state index is 0.257. The zero-order valence-electron chi connectivity index (χ0n) is 12.9. The molecule has 118 valence electrons. The summed E-state index contributed by atoms with van der Waals surface area (Å²) in [4.78, 5) is 2.53. The monoisotopic (exact) mass is 314 g/mol. The van der Waals surface area contributed by atoms with Gasteiger partial charge in [0.25, 0.3) is 0 Å². The van der Waals surface area contributed by atoms with Crippen molar-refractivity contribution in [3.05, 3.63) is 29.1 Å². The Morgan fingerprint density at radius 1 is 1.10 bits per heavy atom. The fourth-order valence-corrected chi connectivity index (χ4v) is 4.78. The summed E-state index contributed by atoms with van der Waals surface area (Å²) in [7, 11) is -3.54. The third-order valence-electron chi connectivity index (χ3n) is 3.89. The van der Waals surface area contributed by atoms with E-state index in [0.29, 0.717) is 24.2 Å². The predicted octanol–water partition coefficient (Wildman–Crippen LogP) is 2.16. The molecule has 0 bridgehead atoms. The summed E-state index contributed by atoms with van der Waals surface area (Å²) in [5, 5.41) is 0. The van der Waals surface area contributed by atoms with Crippen LogP contribution in [0.3, 0.4) is 0 Å². The molecule has 1 heterocycles. The minimum Gasteiger partial charge on any atom is -0.301 e. The molecule has 1 aliphatic heterocycles. The molecule has 2 rings (SSSR count). The molecule has 0 atom stereocenters. The number of aryl methyl sites for hydroxylation is 2. The highest BCUT2D eigenvalue weighted by Crippen LogP contribution is 2.25. The van der Waals surface area contributed by atoms with Crippen LogP contribution in [0.1, 0.15) is 24.5 Å². The summed E-state index contributed by atoms with van der Waals surface area (Å²) in [6.45, 7) is 8.93. The van der Waals surface area contributed by atoms with Gasteiger partial charge in [0, 0.05) is 26.2 Å². The quantitative estimate of drug-likeness (QED) is 0.855. The molecule has 0 spiro atoms. The highest BCUT2D eigenvalue weighted by Gasteiger charge is 2.30. The second-order valence-corrected chi connectivity index (χ2v) is 7.49. The topological polar surface area (TPSA) is 40.6 Å². The van der Waals surface area contributed by atoms with Gasteiger partial charge in [-0.05, 0) is 50.1 Å². The Balaban J connectivity index is 2.24. The highest BCUT2D eigenvalue weighted by atomic mass is 32.2. The third kappa shape index (κ3) is 3.44. The first-order chi connectivity index (χ1) is 9.86. The van der Waals surface area contributed by atoms with E-state index in [-0.39, 0.29) is 4.90 Å². The predicted molar refractivity (Wildman–Crippen MR) is 81.4 cm³/mol. The van der Waals surface area contributed by atoms with Gasteiger partial charge in [-0.15, -0.1) is 0 Å². The zero-order chi connectivity index (χ0) is 15.6. The number of piperazine rings is 1. The molecule has 1 aromatic carbocycles. The number of halogens is 1. The van der Waals surface area contributed by atoms with Gasteiger partial charge in [-0.25, -0.2) is 12.8 Å². The smallest absolute Gasteiger partial charge is 0.243 e. The largest absolute Gasteiger partial charge is 0.301 e. The second-order valence-electron chi connectivity index (χ2n) is 5.61. The first kappa shape index (κ1) is 16.4. The molecule has 1 aliphatic rings. The maximum atomic E-state index is 13.4. The van der Waals surface area contributed by atoms with Crippen LogP contribution >= 0.6 is 0 Å². The van der Waals surface area contributed by atoms with Crippen LogP contribution in [0.4, 0.5) is 4.39 Å². The van der Waals surface area contributed by atoms with Crippen molar-refractivity contribution in [3.63, 3.8) is 0 Å². The number of hydrogen-bond donors (Lipinski definition) is 0. The van der Waals surface area contributed by atoms with Gasteiger partial charge in [-0.3, -0.25) is 0 Å². The molecule has 0 saturated carbocycles. The van der Waals surface area contributed by atoms with Crippen molar-refractivity contribution in [2.45, 2.75) is 32.1 Å². The zero-order valence-corrected chi connectivity index (χ0v) is 13.7. The molecule has 0 amide bonds. The standard InChI is InChI=1S/C15H23FN2O2S/c1-4-5-17-6-8-18(9-7-17)21(19,20)15-12(2)10-14(16)11-13(15)3/h10-11H,4-9H2,1-3H3. The van der Waals surface area contributed by atoms with Crippen LogP contribution in [-0.4, -0.2) is 50.3 Å². The van der Waals surface area contributed by atoms with Crippen LogP contribution in [0.15, 0.2) is 17.0 Å². The fourth-order valence-electron chi connectivity index (χ4n) is 2.94. The molecular formula is C15H23FN2O2S. The van der Waals surface area contributed by atoms with E-state index in [9.17, 15) is 12.8 Å². The van der Waals surface area contributed by atoms with Crippen molar-refractivity contribution in [1.29, 1.82) is 0 Å².